The van der Waals surface area contributed by atoms with E-state index < -0.39 is 17.6 Å². The highest BCUT2D eigenvalue weighted by molar-refractivity contribution is 7.99. The number of benzene rings is 2. The molecule has 12 heteroatoms. The Hall–Kier alpha value is -3.31. The van der Waals surface area contributed by atoms with Gasteiger partial charge in [0.2, 0.25) is 11.8 Å². The number of aryl methyl sites for hydroxylation is 1. The molecule has 0 atom stereocenters. The molecule has 0 aliphatic heterocycles. The van der Waals surface area contributed by atoms with Gasteiger partial charge in [-0.3, -0.25) is 9.59 Å². The Morgan fingerprint density at radius 1 is 1.14 bits per heavy atom. The van der Waals surface area contributed by atoms with Crippen molar-refractivity contribution in [3.05, 3.63) is 77.1 Å². The van der Waals surface area contributed by atoms with Gasteiger partial charge in [-0.05, 0) is 42.8 Å². The minimum Gasteiger partial charge on any atom is -0.326 e. The smallest absolute Gasteiger partial charge is 0.326 e. The first kappa shape index (κ1) is 26.3. The molecular weight excluding hydrogens is 503 g/mol. The number of amides is 2. The summed E-state index contributed by atoms with van der Waals surface area (Å²) in [4.78, 5) is 24.9. The lowest BCUT2D eigenvalue weighted by atomic mass is 10.2. The molecule has 3 rings (SSSR count). The number of hydrogen-bond donors (Lipinski definition) is 2. The lowest BCUT2D eigenvalue weighted by Crippen LogP contribution is -2.18. The van der Waals surface area contributed by atoms with Crippen LogP contribution in [-0.4, -0.2) is 32.3 Å². The quantitative estimate of drug-likeness (QED) is 0.291. The minimum atomic E-state index is -4.52. The van der Waals surface area contributed by atoms with Gasteiger partial charge in [0, 0.05) is 22.9 Å². The molecule has 184 valence electrons. The lowest BCUT2D eigenvalue weighted by Gasteiger charge is -2.11. The van der Waals surface area contributed by atoms with Gasteiger partial charge in [0.25, 0.3) is 0 Å². The largest absolute Gasteiger partial charge is 0.416 e. The van der Waals surface area contributed by atoms with Gasteiger partial charge >= 0.3 is 6.18 Å². The van der Waals surface area contributed by atoms with E-state index in [1.807, 2.05) is 6.92 Å². The third-order valence-electron chi connectivity index (χ3n) is 4.70. The van der Waals surface area contributed by atoms with Crippen LogP contribution in [0.25, 0.3) is 0 Å². The van der Waals surface area contributed by atoms with Crippen molar-refractivity contribution in [3.8, 4) is 0 Å². The molecule has 0 unspecified atom stereocenters. The fourth-order valence-corrected chi connectivity index (χ4v) is 3.98. The fourth-order valence-electron chi connectivity index (χ4n) is 3.04. The van der Waals surface area contributed by atoms with E-state index in [9.17, 15) is 22.8 Å². The minimum absolute atomic E-state index is 0.0159. The second-order valence-corrected chi connectivity index (χ2v) is 8.78. The van der Waals surface area contributed by atoms with Crippen molar-refractivity contribution in [1.82, 2.24) is 14.8 Å². The fraction of sp³-hybridized carbons (Fsp3) is 0.217. The van der Waals surface area contributed by atoms with Crippen LogP contribution in [0.3, 0.4) is 0 Å². The highest BCUT2D eigenvalue weighted by Crippen LogP contribution is 2.30. The van der Waals surface area contributed by atoms with Crippen LogP contribution in [0.15, 0.2) is 60.3 Å². The summed E-state index contributed by atoms with van der Waals surface area (Å²) in [5, 5.41) is 14.2. The van der Waals surface area contributed by atoms with Gasteiger partial charge in [0.1, 0.15) is 5.82 Å². The summed E-state index contributed by atoms with van der Waals surface area (Å²) in [6.45, 7) is 5.80. The molecule has 0 bridgehead atoms. The number of nitrogens with one attached hydrogen (secondary N) is 2. The molecule has 0 aliphatic carbocycles. The monoisotopic (exact) mass is 523 g/mol. The van der Waals surface area contributed by atoms with Crippen LogP contribution in [0.1, 0.15) is 17.0 Å². The first-order chi connectivity index (χ1) is 16.6. The maximum absolute atomic E-state index is 12.9. The van der Waals surface area contributed by atoms with Crippen molar-refractivity contribution in [2.45, 2.75) is 31.2 Å². The maximum atomic E-state index is 12.9. The molecule has 0 fully saturated rings. The van der Waals surface area contributed by atoms with Crippen LogP contribution in [0.4, 0.5) is 24.5 Å². The molecule has 0 saturated carbocycles. The number of anilines is 2. The predicted octanol–water partition coefficient (Wildman–Crippen LogP) is 5.36. The number of nitrogens with zero attached hydrogens (tertiary/aromatic N) is 3. The Balaban J connectivity index is 1.65. The SMILES string of the molecule is C=CCn1c(CC(=O)Nc2cccc(C(F)(F)F)c2)nnc1SCC(=O)Nc1cc(Cl)ccc1C. The predicted molar refractivity (Wildman–Crippen MR) is 130 cm³/mol. The molecule has 0 aliphatic rings. The molecule has 0 saturated heterocycles. The maximum Gasteiger partial charge on any atom is 0.416 e. The van der Waals surface area contributed by atoms with Crippen LogP contribution in [-0.2, 0) is 28.7 Å². The zero-order chi connectivity index (χ0) is 25.6. The normalized spacial score (nSPS) is 11.2. The van der Waals surface area contributed by atoms with E-state index in [-0.39, 0.29) is 36.1 Å². The van der Waals surface area contributed by atoms with Crippen molar-refractivity contribution in [3.63, 3.8) is 0 Å². The van der Waals surface area contributed by atoms with Gasteiger partial charge in [-0.15, -0.1) is 16.8 Å². The van der Waals surface area contributed by atoms with Crippen molar-refractivity contribution < 1.29 is 22.8 Å². The van der Waals surface area contributed by atoms with E-state index in [1.165, 1.54) is 12.1 Å². The highest BCUT2D eigenvalue weighted by Gasteiger charge is 2.30. The standard InChI is InChI=1S/C23H21ClF3N5O2S/c1-3-9-32-19(12-20(33)28-17-6-4-5-15(10-17)23(25,26)27)30-31-22(32)35-13-21(34)29-18-11-16(24)8-7-14(18)2/h3-8,10-11H,1,9,12-13H2,2H3,(H,28,33)(H,29,34). The van der Waals surface area contributed by atoms with Crippen LogP contribution < -0.4 is 10.6 Å². The van der Waals surface area contributed by atoms with Gasteiger partial charge < -0.3 is 15.2 Å². The number of allylic oxidation sites excluding steroid dienone is 1. The molecule has 0 spiro atoms. The Labute approximate surface area is 208 Å². The van der Waals surface area contributed by atoms with Gasteiger partial charge in [-0.1, -0.05) is 41.6 Å². The molecular formula is C23H21ClF3N5O2S. The van der Waals surface area contributed by atoms with Crippen molar-refractivity contribution in [2.24, 2.45) is 0 Å². The first-order valence-electron chi connectivity index (χ1n) is 10.3. The van der Waals surface area contributed by atoms with E-state index in [0.29, 0.717) is 15.9 Å². The van der Waals surface area contributed by atoms with Crippen LogP contribution >= 0.6 is 23.4 Å². The second kappa shape index (κ2) is 11.4. The summed E-state index contributed by atoms with van der Waals surface area (Å²) in [5.41, 5.74) is 0.608. The Morgan fingerprint density at radius 2 is 1.91 bits per heavy atom. The Kier molecular flexibility index (Phi) is 8.57. The third-order valence-corrected chi connectivity index (χ3v) is 5.91. The van der Waals surface area contributed by atoms with E-state index in [0.717, 1.165) is 29.5 Å². The number of thioether (sulfide) groups is 1. The molecule has 2 aromatic carbocycles. The Morgan fingerprint density at radius 3 is 2.63 bits per heavy atom. The second-order valence-electron chi connectivity index (χ2n) is 7.40. The van der Waals surface area contributed by atoms with Crippen molar-refractivity contribution in [2.75, 3.05) is 16.4 Å². The number of alkyl halides is 3. The summed E-state index contributed by atoms with van der Waals surface area (Å²) in [7, 11) is 0. The van der Waals surface area contributed by atoms with Gasteiger partial charge in [0.05, 0.1) is 17.7 Å². The Bertz CT molecular complexity index is 1250. The van der Waals surface area contributed by atoms with Gasteiger partial charge in [-0.25, -0.2) is 0 Å². The third kappa shape index (κ3) is 7.33. The molecule has 3 aromatic rings. The lowest BCUT2D eigenvalue weighted by molar-refractivity contribution is -0.137. The zero-order valence-electron chi connectivity index (χ0n) is 18.5. The number of carbonyl (C=O) groups is 2. The average Bonchev–Trinajstić information content (AvgIpc) is 3.15. The molecule has 2 amide bonds. The molecule has 0 radical (unpaired) electrons. The molecule has 2 N–H and O–H groups in total. The summed E-state index contributed by atoms with van der Waals surface area (Å²) in [6.07, 6.45) is -3.17. The zero-order valence-corrected chi connectivity index (χ0v) is 20.1. The van der Waals surface area contributed by atoms with Crippen molar-refractivity contribution in [1.29, 1.82) is 0 Å². The number of rotatable bonds is 9. The topological polar surface area (TPSA) is 88.9 Å². The summed E-state index contributed by atoms with van der Waals surface area (Å²) < 4.78 is 40.3. The average molecular weight is 524 g/mol. The number of halogens is 4. The first-order valence-corrected chi connectivity index (χ1v) is 11.6. The van der Waals surface area contributed by atoms with Crippen LogP contribution in [0, 0.1) is 6.92 Å². The summed E-state index contributed by atoms with van der Waals surface area (Å²) in [5.74, 6) is -0.536. The molecule has 7 nitrogen and oxygen atoms in total. The van der Waals surface area contributed by atoms with Crippen LogP contribution in [0.2, 0.25) is 5.02 Å². The summed E-state index contributed by atoms with van der Waals surface area (Å²) >= 11 is 7.10. The summed E-state index contributed by atoms with van der Waals surface area (Å²) in [6, 6.07) is 9.52. The van der Waals surface area contributed by atoms with E-state index >= 15 is 0 Å². The molecule has 1 aromatic heterocycles. The van der Waals surface area contributed by atoms with Crippen LogP contribution in [0.5, 0.6) is 0 Å². The molecule has 35 heavy (non-hydrogen) atoms. The molecule has 1 heterocycles. The number of aromatic nitrogens is 3. The van der Waals surface area contributed by atoms with E-state index in [2.05, 4.69) is 27.4 Å². The van der Waals surface area contributed by atoms with Gasteiger partial charge in [-0.2, -0.15) is 13.2 Å². The highest BCUT2D eigenvalue weighted by atomic mass is 35.5. The van der Waals surface area contributed by atoms with E-state index in [4.69, 9.17) is 11.6 Å². The van der Waals surface area contributed by atoms with Crippen molar-refractivity contribution >= 4 is 46.6 Å². The van der Waals surface area contributed by atoms with Gasteiger partial charge in [0.15, 0.2) is 5.16 Å². The van der Waals surface area contributed by atoms with E-state index in [1.54, 1.807) is 28.8 Å². The number of carbonyl (C=O) groups excluding carboxylic acids is 2. The number of hydrogen-bond acceptors (Lipinski definition) is 5.